The van der Waals surface area contributed by atoms with Crippen molar-refractivity contribution in [1.82, 2.24) is 14.9 Å². The monoisotopic (exact) mass is 302 g/mol. The van der Waals surface area contributed by atoms with Crippen LogP contribution in [0.3, 0.4) is 0 Å². The van der Waals surface area contributed by atoms with E-state index in [1.54, 1.807) is 0 Å². The Hall–Kier alpha value is -2.08. The van der Waals surface area contributed by atoms with Gasteiger partial charge in [-0.25, -0.2) is 9.78 Å². The van der Waals surface area contributed by atoms with Crippen LogP contribution in [0.25, 0.3) is 11.0 Å². The molecule has 2 aromatic rings. The van der Waals surface area contributed by atoms with Gasteiger partial charge in [0.25, 0.3) is 0 Å². The topological polar surface area (TPSA) is 68.2 Å². The number of aryl methyl sites for hydroxylation is 1. The van der Waals surface area contributed by atoms with Crippen molar-refractivity contribution in [1.29, 1.82) is 0 Å². The molecule has 118 valence electrons. The smallest absolute Gasteiger partial charge is 0.319 e. The maximum Gasteiger partial charge on any atom is 0.319 e. The van der Waals surface area contributed by atoms with Crippen LogP contribution >= 0.6 is 0 Å². The minimum atomic E-state index is -0.181. The highest BCUT2D eigenvalue weighted by Gasteiger charge is 2.16. The molecule has 22 heavy (non-hydrogen) atoms. The van der Waals surface area contributed by atoms with Gasteiger partial charge in [0.15, 0.2) is 0 Å². The normalized spacial score (nSPS) is 17.8. The van der Waals surface area contributed by atoms with Gasteiger partial charge in [0.05, 0.1) is 24.0 Å². The number of amides is 2. The third-order valence-corrected chi connectivity index (χ3v) is 3.92. The highest BCUT2D eigenvalue weighted by Crippen LogP contribution is 2.18. The van der Waals surface area contributed by atoms with Gasteiger partial charge < -0.3 is 19.9 Å². The predicted octanol–water partition coefficient (Wildman–Crippen LogP) is 2.60. The van der Waals surface area contributed by atoms with Gasteiger partial charge in [-0.2, -0.15) is 0 Å². The van der Waals surface area contributed by atoms with E-state index in [0.717, 1.165) is 49.3 Å². The summed E-state index contributed by atoms with van der Waals surface area (Å²) in [6.07, 6.45) is 3.93. The first-order chi connectivity index (χ1) is 10.8. The van der Waals surface area contributed by atoms with Crippen molar-refractivity contribution in [3.63, 3.8) is 0 Å². The number of nitrogens with zero attached hydrogens (tertiary/aromatic N) is 2. The second kappa shape index (κ2) is 6.79. The molecular weight excluding hydrogens is 280 g/mol. The minimum absolute atomic E-state index is 0.181. The maximum absolute atomic E-state index is 11.9. The van der Waals surface area contributed by atoms with E-state index in [0.29, 0.717) is 12.5 Å². The van der Waals surface area contributed by atoms with Gasteiger partial charge in [-0.15, -0.1) is 0 Å². The van der Waals surface area contributed by atoms with Crippen molar-refractivity contribution in [3.8, 4) is 0 Å². The standard InChI is InChI=1S/C16H22N4O2/c1-2-6-20-11-18-14-8-13(3-4-15(14)20)19-16(21)17-9-12-5-7-22-10-12/h3-4,8,11-12H,2,5-7,9-10H2,1H3,(H2,17,19,21)/t12-/m1/s1. The number of benzene rings is 1. The number of carbonyl (C=O) groups excluding carboxylic acids is 1. The summed E-state index contributed by atoms with van der Waals surface area (Å²) in [6.45, 7) is 5.28. The molecule has 0 bridgehead atoms. The molecule has 6 nitrogen and oxygen atoms in total. The number of ether oxygens (including phenoxy) is 1. The Morgan fingerprint density at radius 1 is 1.50 bits per heavy atom. The molecule has 0 unspecified atom stereocenters. The van der Waals surface area contributed by atoms with Crippen LogP contribution in [0.2, 0.25) is 0 Å². The van der Waals surface area contributed by atoms with E-state index < -0.39 is 0 Å². The van der Waals surface area contributed by atoms with Crippen molar-refractivity contribution >= 4 is 22.8 Å². The Morgan fingerprint density at radius 3 is 3.18 bits per heavy atom. The van der Waals surface area contributed by atoms with E-state index in [9.17, 15) is 4.79 Å². The zero-order chi connectivity index (χ0) is 15.4. The molecule has 2 N–H and O–H groups in total. The van der Waals surface area contributed by atoms with E-state index in [4.69, 9.17) is 4.74 Å². The number of imidazole rings is 1. The lowest BCUT2D eigenvalue weighted by Crippen LogP contribution is -2.33. The Balaban J connectivity index is 1.59. The number of nitrogens with one attached hydrogen (secondary N) is 2. The Labute approximate surface area is 129 Å². The molecule has 2 heterocycles. The van der Waals surface area contributed by atoms with Crippen molar-refractivity contribution in [2.45, 2.75) is 26.3 Å². The highest BCUT2D eigenvalue weighted by molar-refractivity contribution is 5.91. The van der Waals surface area contributed by atoms with Crippen molar-refractivity contribution in [3.05, 3.63) is 24.5 Å². The lowest BCUT2D eigenvalue weighted by atomic mass is 10.1. The van der Waals surface area contributed by atoms with Crippen molar-refractivity contribution < 1.29 is 9.53 Å². The van der Waals surface area contributed by atoms with Gasteiger partial charge in [-0.3, -0.25) is 0 Å². The summed E-state index contributed by atoms with van der Waals surface area (Å²) in [7, 11) is 0. The Morgan fingerprint density at radius 2 is 2.41 bits per heavy atom. The predicted molar refractivity (Wildman–Crippen MR) is 86.0 cm³/mol. The molecular formula is C16H22N4O2. The molecule has 1 atom stereocenters. The van der Waals surface area contributed by atoms with Gasteiger partial charge >= 0.3 is 6.03 Å². The van der Waals surface area contributed by atoms with Crippen LogP contribution in [-0.2, 0) is 11.3 Å². The fourth-order valence-corrected chi connectivity index (χ4v) is 2.72. The molecule has 3 rings (SSSR count). The molecule has 0 aliphatic carbocycles. The van der Waals surface area contributed by atoms with Crippen LogP contribution in [0.1, 0.15) is 19.8 Å². The van der Waals surface area contributed by atoms with Crippen LogP contribution < -0.4 is 10.6 Å². The first-order valence-electron chi connectivity index (χ1n) is 7.83. The number of rotatable bonds is 5. The molecule has 1 aromatic carbocycles. The fourth-order valence-electron chi connectivity index (χ4n) is 2.72. The average molecular weight is 302 g/mol. The van der Waals surface area contributed by atoms with Crippen molar-refractivity contribution in [2.75, 3.05) is 25.1 Å². The number of hydrogen-bond acceptors (Lipinski definition) is 3. The van der Waals surface area contributed by atoms with Crippen LogP contribution in [0.15, 0.2) is 24.5 Å². The summed E-state index contributed by atoms with van der Waals surface area (Å²) in [5.41, 5.74) is 2.75. The molecule has 0 saturated carbocycles. The Bertz CT molecular complexity index is 647. The summed E-state index contributed by atoms with van der Waals surface area (Å²) in [6, 6.07) is 5.63. The molecule has 0 spiro atoms. The number of urea groups is 1. The number of carbonyl (C=O) groups is 1. The molecule has 1 aromatic heterocycles. The van der Waals surface area contributed by atoms with Crippen LogP contribution in [-0.4, -0.2) is 35.3 Å². The zero-order valence-electron chi connectivity index (χ0n) is 12.8. The molecule has 0 radical (unpaired) electrons. The van der Waals surface area contributed by atoms with E-state index in [-0.39, 0.29) is 6.03 Å². The van der Waals surface area contributed by atoms with Crippen LogP contribution in [0, 0.1) is 5.92 Å². The van der Waals surface area contributed by atoms with Gasteiger partial charge in [-0.1, -0.05) is 6.92 Å². The third-order valence-electron chi connectivity index (χ3n) is 3.92. The first-order valence-corrected chi connectivity index (χ1v) is 7.83. The van der Waals surface area contributed by atoms with E-state index >= 15 is 0 Å². The summed E-state index contributed by atoms with van der Waals surface area (Å²) in [4.78, 5) is 16.3. The maximum atomic E-state index is 11.9. The van der Waals surface area contributed by atoms with Gasteiger partial charge in [0, 0.05) is 31.3 Å². The highest BCUT2D eigenvalue weighted by atomic mass is 16.5. The van der Waals surface area contributed by atoms with E-state index in [1.165, 1.54) is 0 Å². The Kier molecular flexibility index (Phi) is 4.58. The van der Waals surface area contributed by atoms with Crippen LogP contribution in [0.5, 0.6) is 0 Å². The lowest BCUT2D eigenvalue weighted by Gasteiger charge is -2.11. The second-order valence-corrected chi connectivity index (χ2v) is 5.71. The third kappa shape index (κ3) is 3.39. The lowest BCUT2D eigenvalue weighted by molar-refractivity contribution is 0.185. The van der Waals surface area contributed by atoms with E-state index in [2.05, 4.69) is 27.1 Å². The number of aromatic nitrogens is 2. The molecule has 1 saturated heterocycles. The molecule has 2 amide bonds. The zero-order valence-corrected chi connectivity index (χ0v) is 12.8. The number of fused-ring (bicyclic) bond motifs is 1. The minimum Gasteiger partial charge on any atom is -0.381 e. The average Bonchev–Trinajstić information content (AvgIpc) is 3.15. The molecule has 1 fully saturated rings. The molecule has 6 heteroatoms. The SMILES string of the molecule is CCCn1cnc2cc(NC(=O)NC[C@H]3CCOC3)ccc21. The van der Waals surface area contributed by atoms with Crippen molar-refractivity contribution in [2.24, 2.45) is 5.92 Å². The number of hydrogen-bond donors (Lipinski definition) is 2. The van der Waals surface area contributed by atoms with Gasteiger partial charge in [0.2, 0.25) is 0 Å². The van der Waals surface area contributed by atoms with Crippen LogP contribution in [0.4, 0.5) is 10.5 Å². The summed E-state index contributed by atoms with van der Waals surface area (Å²) < 4.78 is 7.42. The van der Waals surface area contributed by atoms with Gasteiger partial charge in [-0.05, 0) is 31.0 Å². The summed E-state index contributed by atoms with van der Waals surface area (Å²) in [5, 5.41) is 5.75. The second-order valence-electron chi connectivity index (χ2n) is 5.71. The molecule has 1 aliphatic rings. The largest absolute Gasteiger partial charge is 0.381 e. The fraction of sp³-hybridized carbons (Fsp3) is 0.500. The summed E-state index contributed by atoms with van der Waals surface area (Å²) in [5.74, 6) is 0.429. The first kappa shape index (κ1) is 14.8. The summed E-state index contributed by atoms with van der Waals surface area (Å²) >= 11 is 0. The molecule has 1 aliphatic heterocycles. The van der Waals surface area contributed by atoms with E-state index in [1.807, 2.05) is 24.5 Å². The number of anilines is 1. The van der Waals surface area contributed by atoms with Gasteiger partial charge in [0.1, 0.15) is 0 Å². The quantitative estimate of drug-likeness (QED) is 0.892.